The normalized spacial score (nSPS) is 11.8. The Bertz CT molecular complexity index is 1250. The second-order valence-electron chi connectivity index (χ2n) is 7.95. The van der Waals surface area contributed by atoms with E-state index in [-0.39, 0.29) is 23.1 Å². The molecule has 0 amide bonds. The zero-order chi connectivity index (χ0) is 20.0. The molecule has 4 rings (SSSR count). The zero-order valence-corrected chi connectivity index (χ0v) is 16.6. The van der Waals surface area contributed by atoms with E-state index in [1.807, 2.05) is 24.4 Å². The number of fused-ring (bicyclic) bond motifs is 2. The fourth-order valence-corrected chi connectivity index (χ4v) is 3.96. The number of hydrogen-bond acceptors (Lipinski definition) is 3. The van der Waals surface area contributed by atoms with Crippen LogP contribution in [0.3, 0.4) is 0 Å². The van der Waals surface area contributed by atoms with Crippen LogP contribution in [0.5, 0.6) is 5.75 Å². The number of H-pyrrole nitrogens is 1. The first-order valence-corrected chi connectivity index (χ1v) is 9.64. The highest BCUT2D eigenvalue weighted by molar-refractivity contribution is 5.93. The predicted octanol–water partition coefficient (Wildman–Crippen LogP) is 5.70. The van der Waals surface area contributed by atoms with Gasteiger partial charge < -0.3 is 10.1 Å². The first-order chi connectivity index (χ1) is 13.3. The lowest BCUT2D eigenvalue weighted by Crippen LogP contribution is -2.06. The second-order valence-corrected chi connectivity index (χ2v) is 7.95. The maximum absolute atomic E-state index is 11.9. The molecule has 0 aliphatic heterocycles. The molecule has 0 aliphatic carbocycles. The highest BCUT2D eigenvalue weighted by Crippen LogP contribution is 2.36. The molecule has 0 fully saturated rings. The topological polar surface area (TPSA) is 66.0 Å². The molecule has 28 heavy (non-hydrogen) atoms. The lowest BCUT2D eigenvalue weighted by Gasteiger charge is -2.17. The van der Waals surface area contributed by atoms with Gasteiger partial charge in [0.1, 0.15) is 5.75 Å². The van der Waals surface area contributed by atoms with Gasteiger partial charge in [-0.2, -0.15) is 0 Å². The second kappa shape index (κ2) is 6.79. The summed E-state index contributed by atoms with van der Waals surface area (Å²) in [6.07, 6.45) is 1.85. The monoisotopic (exact) mass is 372 g/mol. The summed E-state index contributed by atoms with van der Waals surface area (Å²) in [5.41, 5.74) is 5.84. The summed E-state index contributed by atoms with van der Waals surface area (Å²) in [4.78, 5) is 19.6. The van der Waals surface area contributed by atoms with Gasteiger partial charge in [-0.15, -0.1) is 0 Å². The molecule has 4 aromatic rings. The van der Waals surface area contributed by atoms with Crippen LogP contribution >= 0.6 is 0 Å². The summed E-state index contributed by atoms with van der Waals surface area (Å²) in [7, 11) is 0. The third kappa shape index (κ3) is 3.05. The lowest BCUT2D eigenvalue weighted by molar-refractivity contribution is 0.475. The Balaban J connectivity index is 2.04. The van der Waals surface area contributed by atoms with E-state index in [0.29, 0.717) is 0 Å². The largest absolute Gasteiger partial charge is 0.508 e. The van der Waals surface area contributed by atoms with E-state index in [0.717, 1.165) is 44.1 Å². The van der Waals surface area contributed by atoms with E-state index in [9.17, 15) is 9.90 Å². The van der Waals surface area contributed by atoms with Crippen LogP contribution in [0.15, 0.2) is 53.5 Å². The highest BCUT2D eigenvalue weighted by Gasteiger charge is 2.16. The van der Waals surface area contributed by atoms with Gasteiger partial charge in [0.25, 0.3) is 0 Å². The van der Waals surface area contributed by atoms with Crippen LogP contribution in [0.4, 0.5) is 0 Å². The maximum atomic E-state index is 11.9. The van der Waals surface area contributed by atoms with E-state index in [2.05, 4.69) is 49.8 Å². The van der Waals surface area contributed by atoms with Gasteiger partial charge in [-0.3, -0.25) is 9.78 Å². The number of nitrogens with zero attached hydrogens (tertiary/aromatic N) is 1. The van der Waals surface area contributed by atoms with Crippen molar-refractivity contribution in [2.75, 3.05) is 0 Å². The minimum absolute atomic E-state index is 0.0965. The molecule has 2 aromatic carbocycles. The van der Waals surface area contributed by atoms with E-state index >= 15 is 0 Å². The van der Waals surface area contributed by atoms with E-state index < -0.39 is 0 Å². The smallest absolute Gasteiger partial charge is 0.248 e. The Hall–Kier alpha value is -3.14. The SMILES string of the molecule is CC(C)c1cc(O)cc2ncc(-c3ccc4ccc(=O)[nH]c4c3C(C)C)cc12. The van der Waals surface area contributed by atoms with Crippen molar-refractivity contribution < 1.29 is 5.11 Å². The molecule has 0 radical (unpaired) electrons. The van der Waals surface area contributed by atoms with Gasteiger partial charge in [0, 0.05) is 29.3 Å². The third-order valence-corrected chi connectivity index (χ3v) is 5.27. The number of rotatable bonds is 3. The van der Waals surface area contributed by atoms with E-state index in [1.165, 1.54) is 0 Å². The molecule has 2 heterocycles. The third-order valence-electron chi connectivity index (χ3n) is 5.27. The summed E-state index contributed by atoms with van der Waals surface area (Å²) in [5, 5.41) is 12.1. The van der Waals surface area contributed by atoms with Crippen LogP contribution in [0.25, 0.3) is 32.9 Å². The van der Waals surface area contributed by atoms with Gasteiger partial charge in [-0.05, 0) is 52.1 Å². The summed E-state index contributed by atoms with van der Waals surface area (Å²) < 4.78 is 0. The average Bonchev–Trinajstić information content (AvgIpc) is 2.65. The number of pyridine rings is 2. The molecule has 0 atom stereocenters. The number of hydrogen-bond donors (Lipinski definition) is 2. The minimum atomic E-state index is -0.0965. The molecule has 2 N–H and O–H groups in total. The van der Waals surface area contributed by atoms with Crippen molar-refractivity contribution in [3.8, 4) is 16.9 Å². The first-order valence-electron chi connectivity index (χ1n) is 9.64. The Kier molecular flexibility index (Phi) is 4.42. The van der Waals surface area contributed by atoms with Crippen LogP contribution in [0.2, 0.25) is 0 Å². The number of phenols is 1. The fraction of sp³-hybridized carbons (Fsp3) is 0.250. The van der Waals surface area contributed by atoms with Crippen molar-refractivity contribution in [3.63, 3.8) is 0 Å². The predicted molar refractivity (Wildman–Crippen MR) is 115 cm³/mol. The molecule has 0 saturated carbocycles. The Morgan fingerprint density at radius 3 is 2.43 bits per heavy atom. The molecule has 0 spiro atoms. The summed E-state index contributed by atoms with van der Waals surface area (Å²) in [5.74, 6) is 0.739. The minimum Gasteiger partial charge on any atom is -0.508 e. The summed E-state index contributed by atoms with van der Waals surface area (Å²) in [6, 6.07) is 13.2. The maximum Gasteiger partial charge on any atom is 0.248 e. The van der Waals surface area contributed by atoms with Crippen LogP contribution in [0.1, 0.15) is 50.7 Å². The van der Waals surface area contributed by atoms with Gasteiger partial charge in [0.2, 0.25) is 5.56 Å². The number of aromatic nitrogens is 2. The number of aromatic amines is 1. The molecule has 0 saturated heterocycles. The van der Waals surface area contributed by atoms with Crippen molar-refractivity contribution >= 4 is 21.8 Å². The summed E-state index contributed by atoms with van der Waals surface area (Å²) >= 11 is 0. The van der Waals surface area contributed by atoms with Crippen molar-refractivity contribution in [2.24, 2.45) is 0 Å². The molecule has 2 aromatic heterocycles. The van der Waals surface area contributed by atoms with Gasteiger partial charge in [-0.1, -0.05) is 39.8 Å². The zero-order valence-electron chi connectivity index (χ0n) is 16.6. The molecule has 142 valence electrons. The Labute approximate surface area is 163 Å². The van der Waals surface area contributed by atoms with E-state index in [1.54, 1.807) is 12.1 Å². The van der Waals surface area contributed by atoms with Crippen LogP contribution in [-0.4, -0.2) is 15.1 Å². The van der Waals surface area contributed by atoms with Crippen molar-refractivity contribution in [1.29, 1.82) is 0 Å². The van der Waals surface area contributed by atoms with Crippen LogP contribution in [0, 0.1) is 0 Å². The Morgan fingerprint density at radius 1 is 0.964 bits per heavy atom. The quantitative estimate of drug-likeness (QED) is 0.485. The molecule has 0 aliphatic rings. The molecular weight excluding hydrogens is 348 g/mol. The van der Waals surface area contributed by atoms with Gasteiger partial charge in [0.05, 0.1) is 11.0 Å². The molecule has 4 nitrogen and oxygen atoms in total. The van der Waals surface area contributed by atoms with Crippen LogP contribution < -0.4 is 5.56 Å². The molecule has 0 bridgehead atoms. The number of benzene rings is 2. The van der Waals surface area contributed by atoms with Crippen molar-refractivity contribution in [2.45, 2.75) is 39.5 Å². The first kappa shape index (κ1) is 18.2. The number of nitrogens with one attached hydrogen (secondary N) is 1. The summed E-state index contributed by atoms with van der Waals surface area (Å²) in [6.45, 7) is 8.49. The van der Waals surface area contributed by atoms with Gasteiger partial charge >= 0.3 is 0 Å². The van der Waals surface area contributed by atoms with Gasteiger partial charge in [-0.25, -0.2) is 0 Å². The highest BCUT2D eigenvalue weighted by atomic mass is 16.3. The van der Waals surface area contributed by atoms with Gasteiger partial charge in [0.15, 0.2) is 0 Å². The fourth-order valence-electron chi connectivity index (χ4n) is 3.96. The van der Waals surface area contributed by atoms with Crippen molar-refractivity contribution in [3.05, 3.63) is 70.1 Å². The van der Waals surface area contributed by atoms with Crippen molar-refractivity contribution in [1.82, 2.24) is 9.97 Å². The molecule has 0 unspecified atom stereocenters. The lowest BCUT2D eigenvalue weighted by atomic mass is 9.89. The molecule has 4 heteroatoms. The Morgan fingerprint density at radius 2 is 1.71 bits per heavy atom. The standard InChI is InChI=1S/C24H24N2O2/c1-13(2)19-10-17(27)11-21-20(19)9-16(12-25-21)18-7-5-15-6-8-22(28)26-24(15)23(18)14(3)4/h5-14,27H,1-4H3,(H,26,28). The number of phenolic OH excluding ortho intramolecular Hbond substituents is 1. The van der Waals surface area contributed by atoms with E-state index in [4.69, 9.17) is 0 Å². The number of aromatic hydroxyl groups is 1. The molecular formula is C24H24N2O2. The van der Waals surface area contributed by atoms with Crippen LogP contribution in [-0.2, 0) is 0 Å². The average molecular weight is 372 g/mol.